The van der Waals surface area contributed by atoms with Crippen LogP contribution in [0.25, 0.3) is 76.5 Å². The first kappa shape index (κ1) is 26.2. The Kier molecular flexibility index (Phi) is 6.02. The fourth-order valence-corrected chi connectivity index (χ4v) is 6.52. The molecule has 0 bridgehead atoms. The molecule has 0 nitrogen and oxygen atoms in total. The minimum Gasteiger partial charge on any atom is -0.166 e. The van der Waals surface area contributed by atoms with Gasteiger partial charge in [-0.1, -0.05) is 127 Å². The van der Waals surface area contributed by atoms with E-state index >= 15 is 0 Å². The lowest BCUT2D eigenvalue weighted by Crippen LogP contribution is -2.04. The van der Waals surface area contributed by atoms with E-state index in [1.807, 2.05) is 66.7 Å². The predicted octanol–water partition coefficient (Wildman–Crippen LogP) is 12.3. The maximum atomic E-state index is 14.1. The third kappa shape index (κ3) is 4.40. The standard InChI is InChI=1S/C41H25F3/c42-41(43,44)34-21-22-37-38(25-34)40(33-20-16-27-8-2-4-10-31(27)24-33)36-12-6-5-11-35(36)39(37)29-17-13-28(14-18-29)32-19-15-26-7-1-3-9-30(26)23-32/h1-25H. The van der Waals surface area contributed by atoms with Crippen molar-refractivity contribution in [3.8, 4) is 33.4 Å². The molecule has 210 valence electrons. The van der Waals surface area contributed by atoms with E-state index in [1.54, 1.807) is 6.07 Å². The molecule has 0 aliphatic heterocycles. The molecule has 8 rings (SSSR count). The van der Waals surface area contributed by atoms with Crippen LogP contribution in [0.15, 0.2) is 152 Å². The SMILES string of the molecule is FC(F)(F)c1ccc2c(-c3ccc(-c4ccc5ccccc5c4)cc3)c3ccccc3c(-c3ccc4ccccc4c3)c2c1. The second-order valence-electron chi connectivity index (χ2n) is 11.3. The lowest BCUT2D eigenvalue weighted by atomic mass is 9.84. The summed E-state index contributed by atoms with van der Waals surface area (Å²) in [5.41, 5.74) is 5.14. The monoisotopic (exact) mass is 574 g/mol. The summed E-state index contributed by atoms with van der Waals surface area (Å²) < 4.78 is 42.3. The van der Waals surface area contributed by atoms with Gasteiger partial charge in [0.15, 0.2) is 0 Å². The molecule has 0 N–H and O–H groups in total. The number of fused-ring (bicyclic) bond motifs is 4. The van der Waals surface area contributed by atoms with Crippen LogP contribution in [-0.4, -0.2) is 0 Å². The molecule has 0 spiro atoms. The van der Waals surface area contributed by atoms with Gasteiger partial charge in [-0.2, -0.15) is 13.2 Å². The van der Waals surface area contributed by atoms with E-state index in [-0.39, 0.29) is 0 Å². The molecule has 0 heterocycles. The van der Waals surface area contributed by atoms with E-state index < -0.39 is 11.7 Å². The van der Waals surface area contributed by atoms with Gasteiger partial charge in [0.1, 0.15) is 0 Å². The van der Waals surface area contributed by atoms with Crippen molar-refractivity contribution < 1.29 is 13.2 Å². The Morgan fingerprint density at radius 3 is 1.39 bits per heavy atom. The van der Waals surface area contributed by atoms with Crippen molar-refractivity contribution >= 4 is 43.1 Å². The Labute approximate surface area is 252 Å². The van der Waals surface area contributed by atoms with Gasteiger partial charge >= 0.3 is 6.18 Å². The van der Waals surface area contributed by atoms with E-state index in [9.17, 15) is 13.2 Å². The number of alkyl halides is 3. The smallest absolute Gasteiger partial charge is 0.166 e. The topological polar surface area (TPSA) is 0 Å². The van der Waals surface area contributed by atoms with Gasteiger partial charge in [0.05, 0.1) is 5.56 Å². The molecular formula is C41H25F3. The summed E-state index contributed by atoms with van der Waals surface area (Å²) in [6.07, 6.45) is -4.46. The Morgan fingerprint density at radius 1 is 0.318 bits per heavy atom. The molecule has 8 aromatic rings. The highest BCUT2D eigenvalue weighted by Crippen LogP contribution is 2.46. The largest absolute Gasteiger partial charge is 0.416 e. The minimum absolute atomic E-state index is 0.586. The van der Waals surface area contributed by atoms with Gasteiger partial charge in [0.2, 0.25) is 0 Å². The van der Waals surface area contributed by atoms with Crippen LogP contribution in [-0.2, 0) is 6.18 Å². The molecule has 0 aliphatic carbocycles. The Bertz CT molecular complexity index is 2360. The number of hydrogen-bond donors (Lipinski definition) is 0. The fraction of sp³-hybridized carbons (Fsp3) is 0.0244. The highest BCUT2D eigenvalue weighted by molar-refractivity contribution is 6.22. The van der Waals surface area contributed by atoms with Crippen molar-refractivity contribution in [2.45, 2.75) is 6.18 Å². The fourth-order valence-electron chi connectivity index (χ4n) is 6.52. The lowest BCUT2D eigenvalue weighted by Gasteiger charge is -2.19. The highest BCUT2D eigenvalue weighted by Gasteiger charge is 2.31. The molecule has 0 aromatic heterocycles. The quantitative estimate of drug-likeness (QED) is 0.184. The summed E-state index contributed by atoms with van der Waals surface area (Å²) in [6.45, 7) is 0. The van der Waals surface area contributed by atoms with E-state index in [0.717, 1.165) is 60.3 Å². The molecule has 0 saturated heterocycles. The van der Waals surface area contributed by atoms with Crippen molar-refractivity contribution in [2.24, 2.45) is 0 Å². The Morgan fingerprint density at radius 2 is 0.773 bits per heavy atom. The van der Waals surface area contributed by atoms with Crippen molar-refractivity contribution in [2.75, 3.05) is 0 Å². The Hall–Kier alpha value is -5.41. The summed E-state index contributed by atoms with van der Waals surface area (Å²) in [7, 11) is 0. The molecule has 0 fully saturated rings. The van der Waals surface area contributed by atoms with Crippen molar-refractivity contribution in [1.29, 1.82) is 0 Å². The van der Waals surface area contributed by atoms with Crippen LogP contribution in [0.5, 0.6) is 0 Å². The zero-order valence-corrected chi connectivity index (χ0v) is 23.6. The average molecular weight is 575 g/mol. The number of halogens is 3. The van der Waals surface area contributed by atoms with Crippen molar-refractivity contribution in [3.63, 3.8) is 0 Å². The van der Waals surface area contributed by atoms with Crippen LogP contribution < -0.4 is 0 Å². The number of hydrogen-bond acceptors (Lipinski definition) is 0. The van der Waals surface area contributed by atoms with Gasteiger partial charge in [0, 0.05) is 0 Å². The first-order valence-electron chi connectivity index (χ1n) is 14.6. The third-order valence-corrected chi connectivity index (χ3v) is 8.65. The summed E-state index contributed by atoms with van der Waals surface area (Å²) in [4.78, 5) is 0. The van der Waals surface area contributed by atoms with Gasteiger partial charge in [-0.05, 0) is 101 Å². The Balaban J connectivity index is 1.38. The first-order chi connectivity index (χ1) is 21.4. The number of rotatable bonds is 3. The molecule has 8 aromatic carbocycles. The van der Waals surface area contributed by atoms with Gasteiger partial charge in [-0.3, -0.25) is 0 Å². The van der Waals surface area contributed by atoms with Gasteiger partial charge in [0.25, 0.3) is 0 Å². The van der Waals surface area contributed by atoms with Crippen LogP contribution >= 0.6 is 0 Å². The summed E-state index contributed by atoms with van der Waals surface area (Å²) in [5, 5.41) is 7.79. The summed E-state index contributed by atoms with van der Waals surface area (Å²) in [6, 6.07) is 49.5. The number of benzene rings is 8. The van der Waals surface area contributed by atoms with E-state index in [0.29, 0.717) is 5.39 Å². The van der Waals surface area contributed by atoms with E-state index in [2.05, 4.69) is 66.7 Å². The summed E-state index contributed by atoms with van der Waals surface area (Å²) in [5.74, 6) is 0. The molecular weight excluding hydrogens is 549 g/mol. The zero-order chi connectivity index (χ0) is 29.8. The maximum absolute atomic E-state index is 14.1. The molecule has 0 aliphatic rings. The normalized spacial score (nSPS) is 12.0. The van der Waals surface area contributed by atoms with Crippen LogP contribution in [0.1, 0.15) is 5.56 Å². The van der Waals surface area contributed by atoms with Crippen molar-refractivity contribution in [3.05, 3.63) is 157 Å². The van der Waals surface area contributed by atoms with E-state index in [1.165, 1.54) is 22.9 Å². The lowest BCUT2D eigenvalue weighted by molar-refractivity contribution is -0.137. The molecule has 0 amide bonds. The van der Waals surface area contributed by atoms with Crippen LogP contribution in [0, 0.1) is 0 Å². The van der Waals surface area contributed by atoms with Gasteiger partial charge in [-0.15, -0.1) is 0 Å². The maximum Gasteiger partial charge on any atom is 0.416 e. The second kappa shape index (κ2) is 10.1. The molecule has 44 heavy (non-hydrogen) atoms. The first-order valence-corrected chi connectivity index (χ1v) is 14.6. The van der Waals surface area contributed by atoms with Crippen LogP contribution in [0.2, 0.25) is 0 Å². The van der Waals surface area contributed by atoms with Gasteiger partial charge in [-0.25, -0.2) is 0 Å². The van der Waals surface area contributed by atoms with Crippen LogP contribution in [0.3, 0.4) is 0 Å². The van der Waals surface area contributed by atoms with Crippen molar-refractivity contribution in [1.82, 2.24) is 0 Å². The molecule has 0 saturated carbocycles. The summed E-state index contributed by atoms with van der Waals surface area (Å²) >= 11 is 0. The average Bonchev–Trinajstić information content (AvgIpc) is 3.06. The van der Waals surface area contributed by atoms with E-state index in [4.69, 9.17) is 0 Å². The highest BCUT2D eigenvalue weighted by atomic mass is 19.4. The third-order valence-electron chi connectivity index (χ3n) is 8.65. The molecule has 0 atom stereocenters. The van der Waals surface area contributed by atoms with Gasteiger partial charge < -0.3 is 0 Å². The second-order valence-corrected chi connectivity index (χ2v) is 11.3. The molecule has 0 radical (unpaired) electrons. The molecule has 3 heteroatoms. The predicted molar refractivity (Wildman–Crippen MR) is 178 cm³/mol. The zero-order valence-electron chi connectivity index (χ0n) is 23.6. The molecule has 0 unspecified atom stereocenters. The minimum atomic E-state index is -4.46. The van der Waals surface area contributed by atoms with Crippen LogP contribution in [0.4, 0.5) is 13.2 Å².